The van der Waals surface area contributed by atoms with Crippen LogP contribution in [0.1, 0.15) is 25.3 Å². The van der Waals surface area contributed by atoms with Gasteiger partial charge in [-0.1, -0.05) is 12.1 Å². The van der Waals surface area contributed by atoms with E-state index in [1.165, 1.54) is 5.56 Å². The van der Waals surface area contributed by atoms with Crippen LogP contribution in [-0.2, 0) is 16.0 Å². The first-order chi connectivity index (χ1) is 12.7. The zero-order chi connectivity index (χ0) is 19.0. The number of carbonyl (C=O) groups excluding carboxylic acids is 1. The van der Waals surface area contributed by atoms with Gasteiger partial charge in [0, 0.05) is 26.7 Å². The second-order valence-electron chi connectivity index (χ2n) is 5.77. The van der Waals surface area contributed by atoms with E-state index in [2.05, 4.69) is 33.1 Å². The van der Waals surface area contributed by atoms with Crippen LogP contribution < -0.4 is 20.7 Å². The topological polar surface area (TPSA) is 84.0 Å². The summed E-state index contributed by atoms with van der Waals surface area (Å²) in [5.41, 5.74) is 1.30. The predicted molar refractivity (Wildman–Crippen MR) is 105 cm³/mol. The molecule has 7 nitrogen and oxygen atoms in total. The van der Waals surface area contributed by atoms with E-state index in [0.29, 0.717) is 19.1 Å². The van der Waals surface area contributed by atoms with Gasteiger partial charge in [0.05, 0.1) is 13.7 Å². The Labute approximate surface area is 156 Å². The number of ether oxygens (including phenoxy) is 2. The lowest BCUT2D eigenvalue weighted by molar-refractivity contribution is -0.119. The number of rotatable bonds is 12. The van der Waals surface area contributed by atoms with Crippen LogP contribution in [0.5, 0.6) is 5.75 Å². The van der Waals surface area contributed by atoms with Crippen molar-refractivity contribution in [3.8, 4) is 5.75 Å². The van der Waals surface area contributed by atoms with E-state index in [9.17, 15) is 4.79 Å². The van der Waals surface area contributed by atoms with E-state index >= 15 is 0 Å². The maximum absolute atomic E-state index is 11.7. The van der Waals surface area contributed by atoms with E-state index in [1.54, 1.807) is 14.2 Å². The standard InChI is InChI=1S/C19H32N4O3/c1-4-20-19(23-15-18(24)21-13-14-25-2)22-12-6-5-7-16-8-10-17(26-3)11-9-16/h8-11H,4-7,12-15H2,1-3H3,(H,21,24)(H2,20,22,23). The van der Waals surface area contributed by atoms with Crippen molar-refractivity contribution in [1.82, 2.24) is 16.0 Å². The second kappa shape index (κ2) is 13.9. The molecule has 26 heavy (non-hydrogen) atoms. The molecular weight excluding hydrogens is 332 g/mol. The van der Waals surface area contributed by atoms with Crippen molar-refractivity contribution in [2.75, 3.05) is 47.0 Å². The quantitative estimate of drug-likeness (QED) is 0.296. The third kappa shape index (κ3) is 9.88. The van der Waals surface area contributed by atoms with Crippen molar-refractivity contribution in [3.05, 3.63) is 29.8 Å². The summed E-state index contributed by atoms with van der Waals surface area (Å²) in [4.78, 5) is 16.0. The normalized spacial score (nSPS) is 11.1. The maximum atomic E-state index is 11.7. The van der Waals surface area contributed by atoms with Gasteiger partial charge in [-0.05, 0) is 43.9 Å². The molecule has 0 atom stereocenters. The molecule has 1 amide bonds. The maximum Gasteiger partial charge on any atom is 0.241 e. The SMILES string of the molecule is CCNC(=NCC(=O)NCCOC)NCCCCc1ccc(OC)cc1. The van der Waals surface area contributed by atoms with Gasteiger partial charge in [0.2, 0.25) is 5.91 Å². The molecule has 0 heterocycles. The second-order valence-corrected chi connectivity index (χ2v) is 5.77. The minimum absolute atomic E-state index is 0.102. The molecule has 0 unspecified atom stereocenters. The van der Waals surface area contributed by atoms with E-state index in [1.807, 2.05) is 19.1 Å². The summed E-state index contributed by atoms with van der Waals surface area (Å²) in [6.07, 6.45) is 3.13. The highest BCUT2D eigenvalue weighted by Crippen LogP contribution is 2.12. The fourth-order valence-electron chi connectivity index (χ4n) is 2.29. The molecule has 0 spiro atoms. The van der Waals surface area contributed by atoms with Crippen molar-refractivity contribution >= 4 is 11.9 Å². The summed E-state index contributed by atoms with van der Waals surface area (Å²) >= 11 is 0. The summed E-state index contributed by atoms with van der Waals surface area (Å²) in [5, 5.41) is 9.16. The molecule has 146 valence electrons. The fourth-order valence-corrected chi connectivity index (χ4v) is 2.29. The van der Waals surface area contributed by atoms with Gasteiger partial charge in [0.15, 0.2) is 5.96 Å². The Kier molecular flexibility index (Phi) is 11.7. The van der Waals surface area contributed by atoms with Gasteiger partial charge >= 0.3 is 0 Å². The third-order valence-corrected chi connectivity index (χ3v) is 3.70. The largest absolute Gasteiger partial charge is 0.497 e. The number of guanidine groups is 1. The van der Waals surface area contributed by atoms with Gasteiger partial charge < -0.3 is 25.4 Å². The number of carbonyl (C=O) groups is 1. The zero-order valence-electron chi connectivity index (χ0n) is 16.1. The number of aryl methyl sites for hydroxylation is 1. The molecule has 0 saturated carbocycles. The minimum atomic E-state index is -0.112. The Balaban J connectivity index is 2.25. The molecule has 3 N–H and O–H groups in total. The molecule has 0 fully saturated rings. The van der Waals surface area contributed by atoms with Crippen LogP contribution in [0.4, 0.5) is 0 Å². The smallest absolute Gasteiger partial charge is 0.241 e. The summed E-state index contributed by atoms with van der Waals surface area (Å²) in [6.45, 7) is 4.67. The monoisotopic (exact) mass is 364 g/mol. The molecule has 1 aromatic rings. The Morgan fingerprint density at radius 1 is 1.04 bits per heavy atom. The highest BCUT2D eigenvalue weighted by Gasteiger charge is 2.02. The van der Waals surface area contributed by atoms with Crippen LogP contribution in [0.25, 0.3) is 0 Å². The van der Waals surface area contributed by atoms with Gasteiger partial charge in [-0.3, -0.25) is 4.79 Å². The number of amides is 1. The van der Waals surface area contributed by atoms with E-state index in [0.717, 1.165) is 38.1 Å². The van der Waals surface area contributed by atoms with Crippen molar-refractivity contribution in [1.29, 1.82) is 0 Å². The van der Waals surface area contributed by atoms with Crippen LogP contribution >= 0.6 is 0 Å². The lowest BCUT2D eigenvalue weighted by Gasteiger charge is -2.11. The Bertz CT molecular complexity index is 532. The number of benzene rings is 1. The molecule has 1 rings (SSSR count). The number of aliphatic imine (C=N–C) groups is 1. The molecular formula is C19H32N4O3. The first-order valence-corrected chi connectivity index (χ1v) is 9.10. The van der Waals surface area contributed by atoms with Crippen LogP contribution in [0.2, 0.25) is 0 Å². The molecule has 1 aromatic carbocycles. The molecule has 0 aliphatic rings. The van der Waals surface area contributed by atoms with E-state index < -0.39 is 0 Å². The summed E-state index contributed by atoms with van der Waals surface area (Å²) in [7, 11) is 3.28. The molecule has 0 bridgehead atoms. The van der Waals surface area contributed by atoms with Crippen LogP contribution in [-0.4, -0.2) is 58.9 Å². The molecule has 0 saturated heterocycles. The lowest BCUT2D eigenvalue weighted by Crippen LogP contribution is -2.39. The van der Waals surface area contributed by atoms with Gasteiger partial charge in [-0.15, -0.1) is 0 Å². The summed E-state index contributed by atoms with van der Waals surface area (Å²) < 4.78 is 10.1. The number of nitrogens with one attached hydrogen (secondary N) is 3. The Morgan fingerprint density at radius 3 is 2.46 bits per heavy atom. The average molecular weight is 364 g/mol. The number of hydrogen-bond donors (Lipinski definition) is 3. The molecule has 7 heteroatoms. The van der Waals surface area contributed by atoms with Gasteiger partial charge in [0.25, 0.3) is 0 Å². The number of methoxy groups -OCH3 is 2. The molecule has 0 aliphatic carbocycles. The minimum Gasteiger partial charge on any atom is -0.497 e. The lowest BCUT2D eigenvalue weighted by atomic mass is 10.1. The summed E-state index contributed by atoms with van der Waals surface area (Å²) in [5.74, 6) is 1.44. The van der Waals surface area contributed by atoms with Crippen LogP contribution in [0.3, 0.4) is 0 Å². The average Bonchev–Trinajstić information content (AvgIpc) is 2.66. The highest BCUT2D eigenvalue weighted by atomic mass is 16.5. The zero-order valence-corrected chi connectivity index (χ0v) is 16.1. The first kappa shape index (κ1) is 21.8. The van der Waals surface area contributed by atoms with E-state index in [-0.39, 0.29) is 12.5 Å². The Hall–Kier alpha value is -2.28. The van der Waals surface area contributed by atoms with Gasteiger partial charge in [-0.2, -0.15) is 0 Å². The van der Waals surface area contributed by atoms with Crippen molar-refractivity contribution in [2.24, 2.45) is 4.99 Å². The molecule has 0 radical (unpaired) electrons. The Morgan fingerprint density at radius 2 is 1.81 bits per heavy atom. The van der Waals surface area contributed by atoms with Gasteiger partial charge in [-0.25, -0.2) is 4.99 Å². The van der Waals surface area contributed by atoms with Crippen LogP contribution in [0.15, 0.2) is 29.3 Å². The molecule has 0 aliphatic heterocycles. The highest BCUT2D eigenvalue weighted by molar-refractivity contribution is 5.84. The fraction of sp³-hybridized carbons (Fsp3) is 0.579. The summed E-state index contributed by atoms with van der Waals surface area (Å²) in [6, 6.07) is 8.17. The van der Waals surface area contributed by atoms with Crippen LogP contribution in [0, 0.1) is 0 Å². The van der Waals surface area contributed by atoms with Crippen molar-refractivity contribution in [3.63, 3.8) is 0 Å². The van der Waals surface area contributed by atoms with Crippen molar-refractivity contribution in [2.45, 2.75) is 26.2 Å². The van der Waals surface area contributed by atoms with Crippen molar-refractivity contribution < 1.29 is 14.3 Å². The molecule has 0 aromatic heterocycles. The number of hydrogen-bond acceptors (Lipinski definition) is 4. The number of nitrogens with zero attached hydrogens (tertiary/aromatic N) is 1. The number of unbranched alkanes of at least 4 members (excludes halogenated alkanes) is 1. The first-order valence-electron chi connectivity index (χ1n) is 9.10. The van der Waals surface area contributed by atoms with Gasteiger partial charge in [0.1, 0.15) is 12.3 Å². The third-order valence-electron chi connectivity index (χ3n) is 3.70. The van der Waals surface area contributed by atoms with E-state index in [4.69, 9.17) is 9.47 Å². The predicted octanol–water partition coefficient (Wildman–Crippen LogP) is 1.34.